The van der Waals surface area contributed by atoms with Crippen LogP contribution in [0.1, 0.15) is 64.2 Å². The third-order valence-corrected chi connectivity index (χ3v) is 5.56. The number of quaternary nitrogens is 1. The lowest BCUT2D eigenvalue weighted by atomic mass is 9.88. The van der Waals surface area contributed by atoms with Crippen molar-refractivity contribution in [1.29, 1.82) is 0 Å². The first-order valence-corrected chi connectivity index (χ1v) is 10.1. The molecule has 1 fully saturated rings. The molecule has 0 amide bonds. The van der Waals surface area contributed by atoms with Gasteiger partial charge in [-0.2, -0.15) is 0 Å². The lowest BCUT2D eigenvalue weighted by Gasteiger charge is -2.32. The molecule has 1 aliphatic carbocycles. The van der Waals surface area contributed by atoms with Crippen LogP contribution in [0.25, 0.3) is 0 Å². The minimum absolute atomic E-state index is 0.213. The van der Waals surface area contributed by atoms with Gasteiger partial charge in [0.1, 0.15) is 0 Å². The molecule has 0 aliphatic heterocycles. The summed E-state index contributed by atoms with van der Waals surface area (Å²) in [6, 6.07) is 0. The van der Waals surface area contributed by atoms with Crippen LogP contribution in [0.4, 0.5) is 0 Å². The van der Waals surface area contributed by atoms with Crippen LogP contribution in [0.15, 0.2) is 0 Å². The summed E-state index contributed by atoms with van der Waals surface area (Å²) in [6.45, 7) is 2.12. The molecule has 0 aromatic carbocycles. The predicted molar refractivity (Wildman–Crippen MR) is 86.1 cm³/mol. The summed E-state index contributed by atoms with van der Waals surface area (Å²) >= 11 is 0. The monoisotopic (exact) mass is 319 g/mol. The van der Waals surface area contributed by atoms with Crippen LogP contribution in [0.2, 0.25) is 0 Å². The summed E-state index contributed by atoms with van der Waals surface area (Å²) in [5, 5.41) is 0. The fourth-order valence-electron chi connectivity index (χ4n) is 3.29. The average molecular weight is 320 g/mol. The molecule has 21 heavy (non-hydrogen) atoms. The number of unbranched alkanes of at least 4 members (excludes halogenated alkanes) is 1. The van der Waals surface area contributed by atoms with Crippen molar-refractivity contribution in [3.05, 3.63) is 0 Å². The van der Waals surface area contributed by atoms with Gasteiger partial charge in [0.25, 0.3) is 0 Å². The maximum absolute atomic E-state index is 10.6. The molecule has 0 aromatic heterocycles. The Labute approximate surface area is 131 Å². The Balaban J connectivity index is 2.21. The Morgan fingerprint density at radius 1 is 0.952 bits per heavy atom. The molecule has 4 nitrogen and oxygen atoms in total. The Kier molecular flexibility index (Phi) is 8.21. The van der Waals surface area contributed by atoms with E-state index in [1.807, 2.05) is 0 Å². The first kappa shape index (κ1) is 18.9. The van der Waals surface area contributed by atoms with Gasteiger partial charge < -0.3 is 9.04 Å². The molecule has 0 spiro atoms. The summed E-state index contributed by atoms with van der Waals surface area (Å²) in [5.74, 6) is 0.667. The van der Waals surface area contributed by atoms with Gasteiger partial charge in [-0.15, -0.1) is 0 Å². The summed E-state index contributed by atoms with van der Waals surface area (Å²) in [4.78, 5) is 0. The van der Waals surface area contributed by atoms with E-state index in [1.165, 1.54) is 51.4 Å². The van der Waals surface area contributed by atoms with Gasteiger partial charge in [0.2, 0.25) is 0 Å². The van der Waals surface area contributed by atoms with E-state index in [0.29, 0.717) is 6.42 Å². The van der Waals surface area contributed by atoms with Gasteiger partial charge in [-0.05, 0) is 25.2 Å². The minimum atomic E-state index is -4.04. The van der Waals surface area contributed by atoms with Crippen LogP contribution in [0.3, 0.4) is 0 Å². The normalized spacial score (nSPS) is 19.2. The van der Waals surface area contributed by atoms with E-state index in [9.17, 15) is 13.0 Å². The van der Waals surface area contributed by atoms with Gasteiger partial charge in [-0.3, -0.25) is 0 Å². The standard InChI is InChI=1S/C16H33NO3S/c1-17(2,13-8-9-15-21(18,19)20)14-12-16-10-6-4-3-5-7-11-16/h16H,3-15H2,1-2H3. The average Bonchev–Trinajstić information content (AvgIpc) is 2.32. The first-order valence-electron chi connectivity index (χ1n) is 8.54. The number of hydrogen-bond acceptors (Lipinski definition) is 3. The van der Waals surface area contributed by atoms with E-state index in [1.54, 1.807) is 0 Å². The summed E-state index contributed by atoms with van der Waals surface area (Å²) in [7, 11) is 0.398. The van der Waals surface area contributed by atoms with Crippen LogP contribution < -0.4 is 0 Å². The highest BCUT2D eigenvalue weighted by Gasteiger charge is 2.19. The highest BCUT2D eigenvalue weighted by molar-refractivity contribution is 7.85. The van der Waals surface area contributed by atoms with Crippen molar-refractivity contribution in [2.45, 2.75) is 64.2 Å². The number of rotatable bonds is 8. The second-order valence-electron chi connectivity index (χ2n) is 7.35. The van der Waals surface area contributed by atoms with Crippen molar-refractivity contribution < 1.29 is 17.5 Å². The highest BCUT2D eigenvalue weighted by Crippen LogP contribution is 2.25. The van der Waals surface area contributed by atoms with E-state index in [4.69, 9.17) is 0 Å². The molecule has 0 N–H and O–H groups in total. The Morgan fingerprint density at radius 2 is 1.52 bits per heavy atom. The van der Waals surface area contributed by atoms with Crippen LogP contribution >= 0.6 is 0 Å². The summed E-state index contributed by atoms with van der Waals surface area (Å²) < 4.78 is 32.7. The van der Waals surface area contributed by atoms with Crippen LogP contribution in [-0.4, -0.2) is 50.4 Å². The predicted octanol–water partition coefficient (Wildman–Crippen LogP) is 3.14. The van der Waals surface area contributed by atoms with Gasteiger partial charge in [-0.1, -0.05) is 44.9 Å². The van der Waals surface area contributed by atoms with E-state index in [0.717, 1.165) is 29.9 Å². The van der Waals surface area contributed by atoms with Gasteiger partial charge in [0.15, 0.2) is 0 Å². The zero-order chi connectivity index (χ0) is 15.8. The zero-order valence-corrected chi connectivity index (χ0v) is 14.7. The Morgan fingerprint density at radius 3 is 2.10 bits per heavy atom. The summed E-state index contributed by atoms with van der Waals surface area (Å²) in [5.41, 5.74) is 0. The lowest BCUT2D eigenvalue weighted by Crippen LogP contribution is -2.42. The fraction of sp³-hybridized carbons (Fsp3) is 1.00. The van der Waals surface area contributed by atoms with Crippen LogP contribution in [-0.2, 0) is 10.1 Å². The highest BCUT2D eigenvalue weighted by atomic mass is 32.2. The van der Waals surface area contributed by atoms with Crippen molar-refractivity contribution in [2.75, 3.05) is 32.9 Å². The first-order chi connectivity index (χ1) is 9.79. The van der Waals surface area contributed by atoms with Crippen molar-refractivity contribution in [1.82, 2.24) is 0 Å². The van der Waals surface area contributed by atoms with E-state index >= 15 is 0 Å². The van der Waals surface area contributed by atoms with Crippen LogP contribution in [0, 0.1) is 5.92 Å². The topological polar surface area (TPSA) is 57.2 Å². The maximum Gasteiger partial charge on any atom is 0.0945 e. The second kappa shape index (κ2) is 9.11. The maximum atomic E-state index is 10.6. The van der Waals surface area contributed by atoms with Gasteiger partial charge in [-0.25, -0.2) is 8.42 Å². The largest absolute Gasteiger partial charge is 0.748 e. The molecular weight excluding hydrogens is 286 g/mol. The minimum Gasteiger partial charge on any atom is -0.748 e. The summed E-state index contributed by atoms with van der Waals surface area (Å²) in [6.07, 6.45) is 12.4. The van der Waals surface area contributed by atoms with Gasteiger partial charge in [0, 0.05) is 5.75 Å². The molecule has 0 atom stereocenters. The fourth-order valence-corrected chi connectivity index (χ4v) is 3.85. The molecular formula is C16H33NO3S. The molecule has 126 valence electrons. The number of hydrogen-bond donors (Lipinski definition) is 0. The van der Waals surface area contributed by atoms with E-state index in [2.05, 4.69) is 14.1 Å². The van der Waals surface area contributed by atoms with E-state index in [-0.39, 0.29) is 5.75 Å². The molecule has 0 aromatic rings. The third kappa shape index (κ3) is 10.3. The van der Waals surface area contributed by atoms with Crippen molar-refractivity contribution in [3.63, 3.8) is 0 Å². The number of nitrogens with zero attached hydrogens (tertiary/aromatic N) is 1. The second-order valence-corrected chi connectivity index (χ2v) is 8.88. The molecule has 5 heteroatoms. The zero-order valence-electron chi connectivity index (χ0n) is 13.8. The molecule has 1 saturated carbocycles. The quantitative estimate of drug-likeness (QED) is 0.392. The smallest absolute Gasteiger partial charge is 0.0945 e. The van der Waals surface area contributed by atoms with Crippen molar-refractivity contribution in [2.24, 2.45) is 5.92 Å². The molecule has 0 bridgehead atoms. The van der Waals surface area contributed by atoms with Gasteiger partial charge in [0.05, 0.1) is 37.3 Å². The lowest BCUT2D eigenvalue weighted by molar-refractivity contribution is -0.891. The Bertz CT molecular complexity index is 371. The van der Waals surface area contributed by atoms with Crippen molar-refractivity contribution >= 4 is 10.1 Å². The molecule has 1 aliphatic rings. The Hall–Kier alpha value is -0.130. The third-order valence-electron chi connectivity index (χ3n) is 4.78. The molecule has 0 unspecified atom stereocenters. The molecule has 1 rings (SSSR count). The SMILES string of the molecule is C[N+](C)(CCCCS(=O)(=O)[O-])CCC1CCCCCCC1. The van der Waals surface area contributed by atoms with Crippen LogP contribution in [0.5, 0.6) is 0 Å². The van der Waals surface area contributed by atoms with E-state index < -0.39 is 10.1 Å². The van der Waals surface area contributed by atoms with Crippen molar-refractivity contribution in [3.8, 4) is 0 Å². The molecule has 0 radical (unpaired) electrons. The molecule has 0 heterocycles. The molecule has 0 saturated heterocycles. The van der Waals surface area contributed by atoms with Gasteiger partial charge >= 0.3 is 0 Å².